The summed E-state index contributed by atoms with van der Waals surface area (Å²) in [6.07, 6.45) is 16.8. The van der Waals surface area contributed by atoms with Crippen molar-refractivity contribution in [3.05, 3.63) is 22.3 Å². The lowest BCUT2D eigenvalue weighted by Crippen LogP contribution is -2.51. The van der Waals surface area contributed by atoms with Crippen LogP contribution in [0.5, 0.6) is 0 Å². The Morgan fingerprint density at radius 1 is 1.06 bits per heavy atom. The quantitative estimate of drug-likeness (QED) is 0.197. The molecule has 0 unspecified atom stereocenters. The molecule has 2 nitrogen and oxygen atoms in total. The summed E-state index contributed by atoms with van der Waals surface area (Å²) in [5, 5.41) is 0.532. The highest BCUT2D eigenvalue weighted by atomic mass is 35.5. The maximum Gasteiger partial charge on any atom is 0.335 e. The van der Waals surface area contributed by atoms with E-state index in [0.29, 0.717) is 21.4 Å². The Labute approximate surface area is 220 Å². The molecule has 4 aliphatic carbocycles. The Morgan fingerprint density at radius 3 is 2.49 bits per heavy atom. The molecule has 0 heterocycles. The number of hydrogen-bond acceptors (Lipinski definition) is 2. The van der Waals surface area contributed by atoms with E-state index in [-0.39, 0.29) is 12.1 Å². The summed E-state index contributed by atoms with van der Waals surface area (Å²) >= 11 is 6.04. The van der Waals surface area contributed by atoms with E-state index in [1.165, 1.54) is 51.4 Å². The first-order valence-electron chi connectivity index (χ1n) is 14.7. The fourth-order valence-electron chi connectivity index (χ4n) is 9.13. The van der Waals surface area contributed by atoms with Crippen molar-refractivity contribution in [2.45, 2.75) is 125 Å². The minimum atomic E-state index is -0.242. The van der Waals surface area contributed by atoms with Crippen LogP contribution in [0.4, 0.5) is 0 Å². The van der Waals surface area contributed by atoms with Gasteiger partial charge in [0.2, 0.25) is 0 Å². The third kappa shape index (κ3) is 5.17. The van der Waals surface area contributed by atoms with Crippen molar-refractivity contribution >= 4 is 17.6 Å². The lowest BCUT2D eigenvalue weighted by Gasteiger charge is -2.58. The number of halogens is 1. The van der Waals surface area contributed by atoms with E-state index in [2.05, 4.69) is 40.7 Å². The minimum absolute atomic E-state index is 0.000692. The maximum absolute atomic E-state index is 12.5. The largest absolute Gasteiger partial charge is 0.459 e. The predicted octanol–water partition coefficient (Wildman–Crippen LogP) is 9.47. The van der Waals surface area contributed by atoms with Crippen LogP contribution in [-0.4, -0.2) is 12.1 Å². The normalized spacial score (nSPS) is 40.3. The Balaban J connectivity index is 1.44. The van der Waals surface area contributed by atoms with Crippen LogP contribution in [0.15, 0.2) is 22.3 Å². The van der Waals surface area contributed by atoms with Crippen molar-refractivity contribution < 1.29 is 9.53 Å². The molecule has 0 aromatic carbocycles. The summed E-state index contributed by atoms with van der Waals surface area (Å²) in [7, 11) is 0. The molecular weight excluding hydrogens is 452 g/mol. The second-order valence-corrected chi connectivity index (χ2v) is 14.3. The van der Waals surface area contributed by atoms with Crippen LogP contribution in [-0.2, 0) is 9.53 Å². The van der Waals surface area contributed by atoms with E-state index >= 15 is 0 Å². The number of carbonyl (C=O) groups is 1. The zero-order valence-electron chi connectivity index (χ0n) is 23.6. The first kappa shape index (κ1) is 27.3. The van der Waals surface area contributed by atoms with E-state index in [1.807, 2.05) is 0 Å². The highest BCUT2D eigenvalue weighted by molar-refractivity contribution is 6.31. The van der Waals surface area contributed by atoms with Gasteiger partial charge in [-0.3, -0.25) is 0 Å². The first-order valence-corrected chi connectivity index (χ1v) is 15.1. The molecule has 198 valence electrons. The zero-order valence-corrected chi connectivity index (χ0v) is 24.3. The van der Waals surface area contributed by atoms with Crippen molar-refractivity contribution in [1.82, 2.24) is 0 Å². The average Bonchev–Trinajstić information content (AvgIpc) is 3.15. The fourth-order valence-corrected chi connectivity index (χ4v) is 9.21. The fraction of sp³-hybridized carbons (Fsp3) is 0.844. The number of esters is 1. The van der Waals surface area contributed by atoms with Gasteiger partial charge in [-0.25, -0.2) is 4.79 Å². The van der Waals surface area contributed by atoms with Gasteiger partial charge in [0.05, 0.1) is 0 Å². The summed E-state index contributed by atoms with van der Waals surface area (Å²) in [6, 6.07) is 0. The molecular formula is C32H51ClO2. The van der Waals surface area contributed by atoms with Crippen molar-refractivity contribution in [2.75, 3.05) is 0 Å². The summed E-state index contributed by atoms with van der Waals surface area (Å²) in [5.74, 6) is 4.91. The second-order valence-electron chi connectivity index (χ2n) is 13.7. The molecule has 0 aromatic heterocycles. The molecule has 0 aromatic rings. The maximum atomic E-state index is 12.5. The van der Waals surface area contributed by atoms with Crippen LogP contribution in [0.25, 0.3) is 0 Å². The molecule has 3 heteroatoms. The van der Waals surface area contributed by atoms with Crippen molar-refractivity contribution in [3.63, 3.8) is 0 Å². The van der Waals surface area contributed by atoms with Crippen molar-refractivity contribution in [3.8, 4) is 0 Å². The Morgan fingerprint density at radius 2 is 1.80 bits per heavy atom. The molecule has 0 bridgehead atoms. The Kier molecular flexibility index (Phi) is 8.22. The van der Waals surface area contributed by atoms with Gasteiger partial charge < -0.3 is 4.74 Å². The minimum Gasteiger partial charge on any atom is -0.459 e. The van der Waals surface area contributed by atoms with E-state index in [1.54, 1.807) is 19.4 Å². The topological polar surface area (TPSA) is 26.3 Å². The summed E-state index contributed by atoms with van der Waals surface area (Å²) in [6.45, 7) is 16.0. The van der Waals surface area contributed by atoms with Crippen LogP contribution < -0.4 is 0 Å². The number of hydrogen-bond donors (Lipinski definition) is 0. The summed E-state index contributed by atoms with van der Waals surface area (Å²) in [5.41, 5.74) is 2.95. The van der Waals surface area contributed by atoms with E-state index in [4.69, 9.17) is 16.3 Å². The molecule has 0 saturated heterocycles. The van der Waals surface area contributed by atoms with E-state index < -0.39 is 0 Å². The van der Waals surface area contributed by atoms with Gasteiger partial charge in [0.1, 0.15) is 6.10 Å². The molecule has 4 aliphatic rings. The van der Waals surface area contributed by atoms with Crippen LogP contribution in [0.2, 0.25) is 0 Å². The summed E-state index contributed by atoms with van der Waals surface area (Å²) in [4.78, 5) is 12.5. The molecule has 3 saturated carbocycles. The molecule has 8 atom stereocenters. The van der Waals surface area contributed by atoms with E-state index in [9.17, 15) is 4.79 Å². The van der Waals surface area contributed by atoms with E-state index in [0.717, 1.165) is 54.8 Å². The average molecular weight is 503 g/mol. The molecule has 0 aliphatic heterocycles. The monoisotopic (exact) mass is 502 g/mol. The van der Waals surface area contributed by atoms with Gasteiger partial charge in [-0.15, -0.1) is 0 Å². The molecule has 3 fully saturated rings. The SMILES string of the molecule is C/C(Cl)=C(\C)C(=O)O[C@@H]1CC[C@@]2(C)C(=CC[C@H]3[C@@H]4CC[C@H]([C@H](C)CCCC(C)C)[C@@]4(C)CC[C@@H]32)C1. The van der Waals surface area contributed by atoms with Crippen molar-refractivity contribution in [1.29, 1.82) is 0 Å². The second kappa shape index (κ2) is 10.5. The van der Waals surface area contributed by atoms with Gasteiger partial charge in [0.15, 0.2) is 0 Å². The third-order valence-corrected chi connectivity index (χ3v) is 11.6. The molecule has 0 amide bonds. The van der Waals surface area contributed by atoms with Gasteiger partial charge in [0, 0.05) is 17.0 Å². The van der Waals surface area contributed by atoms with Crippen LogP contribution in [0.3, 0.4) is 0 Å². The Bertz CT molecular complexity index is 852. The number of fused-ring (bicyclic) bond motifs is 5. The number of ether oxygens (including phenoxy) is 1. The van der Waals surface area contributed by atoms with Gasteiger partial charge in [-0.2, -0.15) is 0 Å². The van der Waals surface area contributed by atoms with Gasteiger partial charge >= 0.3 is 5.97 Å². The molecule has 0 radical (unpaired) electrons. The van der Waals surface area contributed by atoms with Crippen molar-refractivity contribution in [2.24, 2.45) is 46.3 Å². The molecule has 35 heavy (non-hydrogen) atoms. The molecule has 0 N–H and O–H groups in total. The molecule has 0 spiro atoms. The highest BCUT2D eigenvalue weighted by Gasteiger charge is 2.59. The number of carbonyl (C=O) groups excluding carboxylic acids is 1. The van der Waals surface area contributed by atoms with Crippen LogP contribution in [0, 0.1) is 46.3 Å². The lowest BCUT2D eigenvalue weighted by molar-refractivity contribution is -0.146. The highest BCUT2D eigenvalue weighted by Crippen LogP contribution is 2.67. The third-order valence-electron chi connectivity index (χ3n) is 11.4. The van der Waals surface area contributed by atoms with Gasteiger partial charge in [0.25, 0.3) is 0 Å². The number of rotatable bonds is 7. The smallest absolute Gasteiger partial charge is 0.335 e. The predicted molar refractivity (Wildman–Crippen MR) is 147 cm³/mol. The molecule has 4 rings (SSSR count). The lowest BCUT2D eigenvalue weighted by atomic mass is 9.47. The van der Waals surface area contributed by atoms with Crippen LogP contribution in [0.1, 0.15) is 119 Å². The van der Waals surface area contributed by atoms with Gasteiger partial charge in [-0.1, -0.05) is 77.1 Å². The first-order chi connectivity index (χ1) is 16.5. The number of allylic oxidation sites excluding steroid dienone is 2. The zero-order chi connectivity index (χ0) is 25.5. The Hall–Kier alpha value is -0.760. The standard InChI is InChI=1S/C32H51ClO2/c1-20(2)9-8-10-21(3)27-13-14-28-26-12-11-24-19-25(35-30(34)22(4)23(5)33)15-17-31(24,6)29(26)16-18-32(27,28)7/h11,20-21,25-29H,8-10,12-19H2,1-7H3/b23-22-/t21-,25-,26+,27-,28+,29+,31+,32-/m1/s1. The summed E-state index contributed by atoms with van der Waals surface area (Å²) < 4.78 is 5.90. The van der Waals surface area contributed by atoms with Crippen LogP contribution >= 0.6 is 11.6 Å². The van der Waals surface area contributed by atoms with Gasteiger partial charge in [-0.05, 0) is 105 Å².